The van der Waals surface area contributed by atoms with Crippen LogP contribution in [-0.2, 0) is 9.47 Å². The highest BCUT2D eigenvalue weighted by molar-refractivity contribution is 4.66. The van der Waals surface area contributed by atoms with Crippen molar-refractivity contribution in [1.82, 2.24) is 0 Å². The molecule has 0 spiro atoms. The summed E-state index contributed by atoms with van der Waals surface area (Å²) in [5.41, 5.74) is 0. The molecular weight excluding hydrogens is 130 g/mol. The van der Waals surface area contributed by atoms with Crippen molar-refractivity contribution in [2.45, 2.75) is 13.3 Å². The van der Waals surface area contributed by atoms with E-state index in [2.05, 4.69) is 0 Å². The van der Waals surface area contributed by atoms with Crippen molar-refractivity contribution in [3.63, 3.8) is 0 Å². The van der Waals surface area contributed by atoms with Crippen LogP contribution in [0, 0.1) is 11.3 Å². The van der Waals surface area contributed by atoms with Gasteiger partial charge in [0.2, 0.25) is 0 Å². The number of nitriles is 1. The van der Waals surface area contributed by atoms with E-state index in [4.69, 9.17) is 14.7 Å². The quantitative estimate of drug-likeness (QED) is 0.520. The van der Waals surface area contributed by atoms with Gasteiger partial charge in [-0.1, -0.05) is 0 Å². The highest BCUT2D eigenvalue weighted by Crippen LogP contribution is 1.80. The van der Waals surface area contributed by atoms with Crippen molar-refractivity contribution in [3.8, 4) is 6.07 Å². The second-order valence-electron chi connectivity index (χ2n) is 1.72. The molecule has 0 radical (unpaired) electrons. The average molecular weight is 143 g/mol. The maximum absolute atomic E-state index is 8.11. The molecule has 3 nitrogen and oxygen atoms in total. The van der Waals surface area contributed by atoms with Gasteiger partial charge in [-0.15, -0.1) is 0 Å². The van der Waals surface area contributed by atoms with Crippen LogP contribution in [0.3, 0.4) is 0 Å². The molecule has 0 amide bonds. The highest BCUT2D eigenvalue weighted by Gasteiger charge is 1.86. The van der Waals surface area contributed by atoms with Gasteiger partial charge in [0, 0.05) is 6.61 Å². The third-order valence-corrected chi connectivity index (χ3v) is 0.934. The fraction of sp³-hybridized carbons (Fsp3) is 0.857. The Hall–Kier alpha value is -0.590. The van der Waals surface area contributed by atoms with Crippen molar-refractivity contribution < 1.29 is 9.47 Å². The molecule has 0 aliphatic heterocycles. The van der Waals surface area contributed by atoms with Crippen LogP contribution in [0.4, 0.5) is 0 Å². The molecule has 0 aliphatic rings. The van der Waals surface area contributed by atoms with E-state index in [1.54, 1.807) is 0 Å². The molecule has 0 unspecified atom stereocenters. The summed E-state index contributed by atoms with van der Waals surface area (Å²) in [6, 6.07) is 1.99. The summed E-state index contributed by atoms with van der Waals surface area (Å²) in [5, 5.41) is 8.11. The molecule has 0 bridgehead atoms. The molecule has 0 aromatic rings. The summed E-state index contributed by atoms with van der Waals surface area (Å²) in [6.07, 6.45) is 0.464. The van der Waals surface area contributed by atoms with Gasteiger partial charge in [0.25, 0.3) is 0 Å². The Bertz CT molecular complexity index is 98.3. The third kappa shape index (κ3) is 7.41. The zero-order valence-corrected chi connectivity index (χ0v) is 6.30. The highest BCUT2D eigenvalue weighted by atomic mass is 16.5. The number of ether oxygens (including phenoxy) is 2. The van der Waals surface area contributed by atoms with Crippen LogP contribution in [-0.4, -0.2) is 26.4 Å². The van der Waals surface area contributed by atoms with E-state index in [0.717, 1.165) is 6.61 Å². The summed E-state index contributed by atoms with van der Waals surface area (Å²) < 4.78 is 10.0. The second-order valence-corrected chi connectivity index (χ2v) is 1.72. The van der Waals surface area contributed by atoms with Crippen molar-refractivity contribution in [2.24, 2.45) is 0 Å². The SMILES string of the molecule is CCOCCOCCC#N. The topological polar surface area (TPSA) is 42.2 Å². The van der Waals surface area contributed by atoms with Crippen LogP contribution in [0.15, 0.2) is 0 Å². The van der Waals surface area contributed by atoms with Crippen molar-refractivity contribution in [2.75, 3.05) is 26.4 Å². The Balaban J connectivity index is 2.72. The van der Waals surface area contributed by atoms with Gasteiger partial charge in [0.1, 0.15) is 0 Å². The van der Waals surface area contributed by atoms with Gasteiger partial charge >= 0.3 is 0 Å². The maximum Gasteiger partial charge on any atom is 0.0700 e. The Morgan fingerprint density at radius 2 is 1.90 bits per heavy atom. The summed E-state index contributed by atoms with van der Waals surface area (Å²) in [4.78, 5) is 0. The zero-order valence-electron chi connectivity index (χ0n) is 6.30. The lowest BCUT2D eigenvalue weighted by Crippen LogP contribution is -2.04. The average Bonchev–Trinajstić information content (AvgIpc) is 1.97. The van der Waals surface area contributed by atoms with E-state index in [-0.39, 0.29) is 0 Å². The van der Waals surface area contributed by atoms with Crippen LogP contribution in [0.2, 0.25) is 0 Å². The van der Waals surface area contributed by atoms with Crippen LogP contribution < -0.4 is 0 Å². The minimum atomic E-state index is 0.464. The van der Waals surface area contributed by atoms with E-state index in [1.165, 1.54) is 0 Å². The van der Waals surface area contributed by atoms with Gasteiger partial charge in [0.15, 0.2) is 0 Å². The lowest BCUT2D eigenvalue weighted by Gasteiger charge is -2.00. The van der Waals surface area contributed by atoms with Crippen LogP contribution in [0.25, 0.3) is 0 Å². The predicted octanol–water partition coefficient (Wildman–Crippen LogP) is 0.953. The first kappa shape index (κ1) is 9.41. The molecule has 0 atom stereocenters. The Morgan fingerprint density at radius 3 is 2.50 bits per heavy atom. The molecule has 0 fully saturated rings. The van der Waals surface area contributed by atoms with Crippen molar-refractivity contribution >= 4 is 0 Å². The summed E-state index contributed by atoms with van der Waals surface area (Å²) in [5.74, 6) is 0. The maximum atomic E-state index is 8.11. The minimum absolute atomic E-state index is 0.464. The van der Waals surface area contributed by atoms with E-state index in [0.29, 0.717) is 26.2 Å². The molecule has 3 heteroatoms. The van der Waals surface area contributed by atoms with Gasteiger partial charge in [-0.2, -0.15) is 5.26 Å². The molecule has 10 heavy (non-hydrogen) atoms. The molecular formula is C7H13NO2. The first-order valence-corrected chi connectivity index (χ1v) is 3.44. The third-order valence-electron chi connectivity index (χ3n) is 0.934. The molecule has 0 saturated heterocycles. The smallest absolute Gasteiger partial charge is 0.0700 e. The molecule has 0 aromatic carbocycles. The van der Waals surface area contributed by atoms with Gasteiger partial charge in [-0.25, -0.2) is 0 Å². The molecule has 58 valence electrons. The standard InChI is InChI=1S/C7H13NO2/c1-2-9-6-7-10-5-3-4-8/h2-3,5-7H2,1H3. The summed E-state index contributed by atoms with van der Waals surface area (Å²) >= 11 is 0. The lowest BCUT2D eigenvalue weighted by molar-refractivity contribution is 0.0551. The number of hydrogen-bond acceptors (Lipinski definition) is 3. The van der Waals surface area contributed by atoms with Crippen LogP contribution >= 0.6 is 0 Å². The van der Waals surface area contributed by atoms with Gasteiger partial charge in [-0.3, -0.25) is 0 Å². The van der Waals surface area contributed by atoms with Crippen molar-refractivity contribution in [1.29, 1.82) is 5.26 Å². The fourth-order valence-corrected chi connectivity index (χ4v) is 0.482. The molecule has 0 aliphatic carbocycles. The Kier molecular flexibility index (Phi) is 7.91. The molecule has 0 aromatic heterocycles. The van der Waals surface area contributed by atoms with Crippen LogP contribution in [0.1, 0.15) is 13.3 Å². The molecule has 0 N–H and O–H groups in total. The summed E-state index contributed by atoms with van der Waals surface area (Å²) in [7, 11) is 0. The fourth-order valence-electron chi connectivity index (χ4n) is 0.482. The minimum Gasteiger partial charge on any atom is -0.379 e. The van der Waals surface area contributed by atoms with Crippen molar-refractivity contribution in [3.05, 3.63) is 0 Å². The van der Waals surface area contributed by atoms with Gasteiger partial charge < -0.3 is 9.47 Å². The summed E-state index contributed by atoms with van der Waals surface area (Å²) in [6.45, 7) is 4.40. The first-order valence-electron chi connectivity index (χ1n) is 3.44. The second kappa shape index (κ2) is 8.41. The molecule has 0 heterocycles. The predicted molar refractivity (Wildman–Crippen MR) is 37.5 cm³/mol. The largest absolute Gasteiger partial charge is 0.379 e. The van der Waals surface area contributed by atoms with E-state index < -0.39 is 0 Å². The zero-order chi connectivity index (χ0) is 7.66. The monoisotopic (exact) mass is 143 g/mol. The lowest BCUT2D eigenvalue weighted by atomic mass is 10.5. The van der Waals surface area contributed by atoms with Gasteiger partial charge in [0.05, 0.1) is 32.3 Å². The number of rotatable bonds is 6. The Labute approximate surface area is 61.5 Å². The number of hydrogen-bond donors (Lipinski definition) is 0. The number of nitrogens with zero attached hydrogens (tertiary/aromatic N) is 1. The van der Waals surface area contributed by atoms with E-state index >= 15 is 0 Å². The normalized spacial score (nSPS) is 9.20. The van der Waals surface area contributed by atoms with Gasteiger partial charge in [-0.05, 0) is 6.92 Å². The van der Waals surface area contributed by atoms with E-state index in [9.17, 15) is 0 Å². The molecule has 0 rings (SSSR count). The van der Waals surface area contributed by atoms with Crippen LogP contribution in [0.5, 0.6) is 0 Å². The molecule has 0 saturated carbocycles. The van der Waals surface area contributed by atoms with E-state index in [1.807, 2.05) is 13.0 Å². The Morgan fingerprint density at radius 1 is 1.20 bits per heavy atom. The first-order chi connectivity index (χ1) is 4.91.